The van der Waals surface area contributed by atoms with E-state index in [2.05, 4.69) is 20.7 Å². The molecular weight excluding hydrogens is 244 g/mol. The quantitative estimate of drug-likeness (QED) is 0.756. The number of amides is 1. The molecule has 2 aromatic rings. The number of aromatic amines is 1. The van der Waals surface area contributed by atoms with Crippen LogP contribution < -0.4 is 5.32 Å². The number of carbonyl (C=O) groups excluding carboxylic acids is 1. The average molecular weight is 262 g/mol. The molecule has 0 aliphatic carbocycles. The molecule has 19 heavy (non-hydrogen) atoms. The molecule has 0 bridgehead atoms. The number of hydrogen-bond donors (Lipinski definition) is 3. The molecule has 6 heteroatoms. The molecular formula is C13H18N4O2. The molecule has 0 aliphatic rings. The summed E-state index contributed by atoms with van der Waals surface area (Å²) in [6.07, 6.45) is 1.59. The van der Waals surface area contributed by atoms with Gasteiger partial charge in [0.15, 0.2) is 0 Å². The summed E-state index contributed by atoms with van der Waals surface area (Å²) in [6, 6.07) is 5.24. The second-order valence-corrected chi connectivity index (χ2v) is 4.92. The molecule has 3 N–H and O–H groups in total. The third-order valence-electron chi connectivity index (χ3n) is 3.16. The summed E-state index contributed by atoms with van der Waals surface area (Å²) in [4.78, 5) is 12.3. The summed E-state index contributed by atoms with van der Waals surface area (Å²) >= 11 is 0. The molecule has 1 aromatic carbocycles. The number of nitrogens with zero attached hydrogens (tertiary/aromatic N) is 2. The van der Waals surface area contributed by atoms with E-state index in [0.717, 1.165) is 6.42 Å². The highest BCUT2D eigenvalue weighted by atomic mass is 16.3. The van der Waals surface area contributed by atoms with E-state index in [1.165, 1.54) is 0 Å². The fraction of sp³-hybridized carbons (Fsp3) is 0.462. The van der Waals surface area contributed by atoms with Gasteiger partial charge in [-0.1, -0.05) is 19.4 Å². The second-order valence-electron chi connectivity index (χ2n) is 4.92. The minimum absolute atomic E-state index is 0.0959. The van der Waals surface area contributed by atoms with E-state index in [9.17, 15) is 9.90 Å². The number of H-pyrrole nitrogens is 1. The van der Waals surface area contributed by atoms with Gasteiger partial charge < -0.3 is 10.4 Å². The van der Waals surface area contributed by atoms with Crippen LogP contribution in [0.2, 0.25) is 0 Å². The molecule has 2 rings (SSSR count). The minimum atomic E-state index is -0.613. The van der Waals surface area contributed by atoms with Crippen LogP contribution in [0.1, 0.15) is 37.0 Å². The molecule has 0 aliphatic heterocycles. The first-order valence-electron chi connectivity index (χ1n) is 6.32. The number of carbonyl (C=O) groups is 1. The standard InChI is InChI=1S/C13H18N4O2/c1-3-7-13(2,8-18)14-12(19)9-5-4-6-10-11(9)16-17-15-10/h4-6,18H,3,7-8H2,1-2H3,(H,14,19)(H,15,16,17)/t13-/m1/s1. The van der Waals surface area contributed by atoms with E-state index in [1.54, 1.807) is 18.2 Å². The van der Waals surface area contributed by atoms with Crippen molar-refractivity contribution in [1.82, 2.24) is 20.7 Å². The van der Waals surface area contributed by atoms with Crippen molar-refractivity contribution in [3.05, 3.63) is 23.8 Å². The van der Waals surface area contributed by atoms with E-state index in [0.29, 0.717) is 23.0 Å². The zero-order valence-electron chi connectivity index (χ0n) is 11.1. The predicted molar refractivity (Wildman–Crippen MR) is 71.8 cm³/mol. The number of aliphatic hydroxyl groups excluding tert-OH is 1. The van der Waals surface area contributed by atoms with Crippen molar-refractivity contribution in [3.8, 4) is 0 Å². The van der Waals surface area contributed by atoms with Gasteiger partial charge in [0.25, 0.3) is 5.91 Å². The number of aromatic nitrogens is 3. The van der Waals surface area contributed by atoms with Crippen LogP contribution in [0.3, 0.4) is 0 Å². The van der Waals surface area contributed by atoms with Gasteiger partial charge in [-0.2, -0.15) is 15.4 Å². The molecule has 1 heterocycles. The van der Waals surface area contributed by atoms with Crippen molar-refractivity contribution < 1.29 is 9.90 Å². The van der Waals surface area contributed by atoms with Crippen LogP contribution in [0.5, 0.6) is 0 Å². The number of hydrogen-bond acceptors (Lipinski definition) is 4. The highest BCUT2D eigenvalue weighted by Gasteiger charge is 2.26. The molecule has 102 valence electrons. The molecule has 0 fully saturated rings. The van der Waals surface area contributed by atoms with E-state index < -0.39 is 5.54 Å². The van der Waals surface area contributed by atoms with E-state index in [4.69, 9.17) is 0 Å². The summed E-state index contributed by atoms with van der Waals surface area (Å²) < 4.78 is 0. The van der Waals surface area contributed by atoms with Crippen LogP contribution in [0, 0.1) is 0 Å². The Morgan fingerprint density at radius 2 is 2.26 bits per heavy atom. The van der Waals surface area contributed by atoms with Crippen molar-refractivity contribution in [2.24, 2.45) is 0 Å². The van der Waals surface area contributed by atoms with Crippen molar-refractivity contribution in [3.63, 3.8) is 0 Å². The highest BCUT2D eigenvalue weighted by Crippen LogP contribution is 2.17. The Labute approximate surface area is 111 Å². The van der Waals surface area contributed by atoms with Gasteiger partial charge in [0.2, 0.25) is 0 Å². The summed E-state index contributed by atoms with van der Waals surface area (Å²) in [5.74, 6) is -0.246. The molecule has 1 atom stereocenters. The Morgan fingerprint density at radius 1 is 1.47 bits per heavy atom. The number of nitrogens with one attached hydrogen (secondary N) is 2. The van der Waals surface area contributed by atoms with Gasteiger partial charge in [0.1, 0.15) is 11.0 Å². The van der Waals surface area contributed by atoms with Gasteiger partial charge >= 0.3 is 0 Å². The lowest BCUT2D eigenvalue weighted by Gasteiger charge is -2.28. The first-order valence-corrected chi connectivity index (χ1v) is 6.32. The monoisotopic (exact) mass is 262 g/mol. The Bertz CT molecular complexity index is 581. The first-order chi connectivity index (χ1) is 9.09. The Balaban J connectivity index is 2.27. The smallest absolute Gasteiger partial charge is 0.254 e. The van der Waals surface area contributed by atoms with E-state index in [1.807, 2.05) is 13.8 Å². The maximum absolute atomic E-state index is 12.3. The SMILES string of the molecule is CCC[C@](C)(CO)NC(=O)c1cccc2n[nH]nc12. The highest BCUT2D eigenvalue weighted by molar-refractivity contribution is 6.04. The number of para-hydroxylation sites is 1. The number of rotatable bonds is 5. The fourth-order valence-electron chi connectivity index (χ4n) is 2.13. The van der Waals surface area contributed by atoms with E-state index in [-0.39, 0.29) is 12.5 Å². The van der Waals surface area contributed by atoms with Crippen molar-refractivity contribution in [2.75, 3.05) is 6.61 Å². The van der Waals surface area contributed by atoms with Gasteiger partial charge in [0, 0.05) is 0 Å². The lowest BCUT2D eigenvalue weighted by atomic mass is 9.96. The number of aliphatic hydroxyl groups is 1. The van der Waals surface area contributed by atoms with Gasteiger partial charge in [-0.3, -0.25) is 4.79 Å². The van der Waals surface area contributed by atoms with Crippen LogP contribution in [0.25, 0.3) is 11.0 Å². The second kappa shape index (κ2) is 5.36. The van der Waals surface area contributed by atoms with Crippen molar-refractivity contribution >= 4 is 16.9 Å². The third-order valence-corrected chi connectivity index (χ3v) is 3.16. The molecule has 0 spiro atoms. The lowest BCUT2D eigenvalue weighted by Crippen LogP contribution is -2.48. The molecule has 6 nitrogen and oxygen atoms in total. The van der Waals surface area contributed by atoms with Gasteiger partial charge in [-0.05, 0) is 25.5 Å². The number of benzene rings is 1. The van der Waals surface area contributed by atoms with Gasteiger partial charge in [-0.15, -0.1) is 0 Å². The molecule has 0 radical (unpaired) electrons. The van der Waals surface area contributed by atoms with Crippen LogP contribution in [-0.2, 0) is 0 Å². The minimum Gasteiger partial charge on any atom is -0.394 e. The lowest BCUT2D eigenvalue weighted by molar-refractivity contribution is 0.0842. The van der Waals surface area contributed by atoms with Crippen molar-refractivity contribution in [1.29, 1.82) is 0 Å². The first kappa shape index (κ1) is 13.5. The molecule has 0 saturated heterocycles. The van der Waals surface area contributed by atoms with E-state index >= 15 is 0 Å². The van der Waals surface area contributed by atoms with Gasteiger partial charge in [0.05, 0.1) is 17.7 Å². The van der Waals surface area contributed by atoms with Crippen LogP contribution in [0.15, 0.2) is 18.2 Å². The molecule has 1 amide bonds. The van der Waals surface area contributed by atoms with Gasteiger partial charge in [-0.25, -0.2) is 0 Å². The Morgan fingerprint density at radius 3 is 2.95 bits per heavy atom. The largest absolute Gasteiger partial charge is 0.394 e. The third kappa shape index (κ3) is 2.73. The average Bonchev–Trinajstić information content (AvgIpc) is 2.86. The molecule has 0 unspecified atom stereocenters. The predicted octanol–water partition coefficient (Wildman–Crippen LogP) is 1.24. The van der Waals surface area contributed by atoms with Crippen molar-refractivity contribution in [2.45, 2.75) is 32.2 Å². The normalized spacial score (nSPS) is 14.3. The maximum Gasteiger partial charge on any atom is 0.254 e. The topological polar surface area (TPSA) is 90.9 Å². The zero-order valence-corrected chi connectivity index (χ0v) is 11.1. The Hall–Kier alpha value is -1.95. The number of fused-ring (bicyclic) bond motifs is 1. The van der Waals surface area contributed by atoms with Crippen LogP contribution >= 0.6 is 0 Å². The van der Waals surface area contributed by atoms with Crippen LogP contribution in [-0.4, -0.2) is 38.6 Å². The summed E-state index contributed by atoms with van der Waals surface area (Å²) in [5.41, 5.74) is 1.03. The molecule has 1 aromatic heterocycles. The summed E-state index contributed by atoms with van der Waals surface area (Å²) in [5, 5.41) is 22.7. The Kier molecular flexibility index (Phi) is 3.80. The summed E-state index contributed by atoms with van der Waals surface area (Å²) in [7, 11) is 0. The maximum atomic E-state index is 12.3. The van der Waals surface area contributed by atoms with Crippen LogP contribution in [0.4, 0.5) is 0 Å². The zero-order chi connectivity index (χ0) is 13.9. The molecule has 0 saturated carbocycles. The fourth-order valence-corrected chi connectivity index (χ4v) is 2.13. The summed E-state index contributed by atoms with van der Waals surface area (Å²) in [6.45, 7) is 3.75.